The molecule has 3 heterocycles. The molecule has 2 aromatic heterocycles. The molecule has 3 rings (SSSR count). The Hall–Kier alpha value is -2.30. The predicted octanol–water partition coefficient (Wildman–Crippen LogP) is 0.399. The third kappa shape index (κ3) is 4.57. The molecule has 1 saturated heterocycles. The topological polar surface area (TPSA) is 135 Å². The van der Waals surface area contributed by atoms with Crippen molar-refractivity contribution in [2.45, 2.75) is 77.0 Å². The van der Waals surface area contributed by atoms with Gasteiger partial charge in [-0.1, -0.05) is 31.4 Å². The Morgan fingerprint density at radius 1 is 1.36 bits per heavy atom. The highest BCUT2D eigenvalue weighted by Gasteiger charge is 2.36. The zero-order valence-electron chi connectivity index (χ0n) is 16.1. The summed E-state index contributed by atoms with van der Waals surface area (Å²) in [5, 5.41) is 28.5. The highest BCUT2D eigenvalue weighted by molar-refractivity contribution is 5.02. The molecule has 4 atom stereocenters. The summed E-state index contributed by atoms with van der Waals surface area (Å²) in [7, 11) is 0. The molecule has 0 aliphatic carbocycles. The highest BCUT2D eigenvalue weighted by Crippen LogP contribution is 2.28. The molecule has 0 radical (unpaired) electrons. The van der Waals surface area contributed by atoms with Crippen LogP contribution < -0.4 is 11.2 Å². The van der Waals surface area contributed by atoms with E-state index in [0.29, 0.717) is 17.7 Å². The van der Waals surface area contributed by atoms with Gasteiger partial charge < -0.3 is 14.9 Å². The van der Waals surface area contributed by atoms with Crippen molar-refractivity contribution in [1.82, 2.24) is 24.5 Å². The lowest BCUT2D eigenvalue weighted by molar-refractivity contribution is -0.0302. The summed E-state index contributed by atoms with van der Waals surface area (Å²) in [5.74, 6) is 0. The average molecular weight is 393 g/mol. The van der Waals surface area contributed by atoms with Gasteiger partial charge in [-0.2, -0.15) is 0 Å². The fraction of sp³-hybridized carbons (Fsp3) is 0.667. The van der Waals surface area contributed by atoms with E-state index in [9.17, 15) is 19.8 Å². The highest BCUT2D eigenvalue weighted by atomic mass is 16.5. The molecule has 0 bridgehead atoms. The molecule has 0 amide bonds. The molecule has 10 heteroatoms. The van der Waals surface area contributed by atoms with Crippen molar-refractivity contribution >= 4 is 0 Å². The first-order valence-electron chi connectivity index (χ1n) is 9.62. The lowest BCUT2D eigenvalue weighted by Crippen LogP contribution is -2.33. The Morgan fingerprint density at radius 3 is 2.89 bits per heavy atom. The van der Waals surface area contributed by atoms with E-state index >= 15 is 0 Å². The number of aliphatic hydroxyl groups is 2. The third-order valence-corrected chi connectivity index (χ3v) is 5.01. The van der Waals surface area contributed by atoms with Crippen LogP contribution in [0.1, 0.15) is 62.6 Å². The van der Waals surface area contributed by atoms with E-state index in [0.717, 1.165) is 19.3 Å². The van der Waals surface area contributed by atoms with Crippen molar-refractivity contribution in [2.75, 3.05) is 0 Å². The summed E-state index contributed by atoms with van der Waals surface area (Å²) < 4.78 is 8.63. The van der Waals surface area contributed by atoms with E-state index in [4.69, 9.17) is 4.74 Å². The number of aromatic amines is 1. The van der Waals surface area contributed by atoms with Crippen LogP contribution in [0.25, 0.3) is 0 Å². The number of aromatic nitrogens is 5. The van der Waals surface area contributed by atoms with Gasteiger partial charge in [0.15, 0.2) is 0 Å². The van der Waals surface area contributed by atoms with Gasteiger partial charge in [-0.25, -0.2) is 9.48 Å². The van der Waals surface area contributed by atoms with Gasteiger partial charge in [-0.15, -0.1) is 5.10 Å². The fourth-order valence-corrected chi connectivity index (χ4v) is 3.33. The van der Waals surface area contributed by atoms with Gasteiger partial charge in [-0.3, -0.25) is 14.3 Å². The van der Waals surface area contributed by atoms with Crippen LogP contribution in [0.5, 0.6) is 0 Å². The van der Waals surface area contributed by atoms with Crippen molar-refractivity contribution in [3.8, 4) is 0 Å². The van der Waals surface area contributed by atoms with Crippen molar-refractivity contribution in [3.63, 3.8) is 0 Å². The van der Waals surface area contributed by atoms with Gasteiger partial charge >= 0.3 is 5.69 Å². The van der Waals surface area contributed by atoms with Gasteiger partial charge in [0.1, 0.15) is 18.0 Å². The summed E-state index contributed by atoms with van der Waals surface area (Å²) in [6, 6.07) is 0. The second-order valence-electron chi connectivity index (χ2n) is 7.29. The summed E-state index contributed by atoms with van der Waals surface area (Å²) in [6.07, 6.45) is 4.26. The van der Waals surface area contributed by atoms with Crippen molar-refractivity contribution < 1.29 is 14.9 Å². The first-order valence-corrected chi connectivity index (χ1v) is 9.62. The average Bonchev–Trinajstić information content (AvgIpc) is 3.26. The van der Waals surface area contributed by atoms with Crippen molar-refractivity contribution in [1.29, 1.82) is 0 Å². The largest absolute Gasteiger partial charge is 0.390 e. The molecule has 28 heavy (non-hydrogen) atoms. The van der Waals surface area contributed by atoms with E-state index in [-0.39, 0.29) is 13.0 Å². The number of nitrogens with one attached hydrogen (secondary N) is 1. The minimum atomic E-state index is -0.800. The van der Waals surface area contributed by atoms with Gasteiger partial charge in [0, 0.05) is 18.2 Å². The first-order chi connectivity index (χ1) is 13.4. The van der Waals surface area contributed by atoms with Crippen LogP contribution in [0, 0.1) is 6.92 Å². The molecule has 0 spiro atoms. The molecule has 2 unspecified atom stereocenters. The SMILES string of the molecule is CCCCC[C@H](O)c1cn(CC2O[C@@H](n3cc(C)c(=O)[nH]c3=O)CC2O)nn1. The molecule has 10 nitrogen and oxygen atoms in total. The standard InChI is InChI=1S/C18H27N5O5/c1-3-4-5-6-13(24)12-9-22(21-20-12)10-15-14(25)7-16(28-15)23-8-11(2)17(26)19-18(23)27/h8-9,13-16,24-25H,3-7,10H2,1-2H3,(H,19,26,27)/t13-,14?,15?,16+/m0/s1. The Kier molecular flexibility index (Phi) is 6.42. The van der Waals surface area contributed by atoms with E-state index < -0.39 is 35.8 Å². The molecule has 2 aromatic rings. The van der Waals surface area contributed by atoms with Crippen molar-refractivity contribution in [2.24, 2.45) is 0 Å². The predicted molar refractivity (Wildman–Crippen MR) is 99.7 cm³/mol. The van der Waals surface area contributed by atoms with Gasteiger partial charge in [0.05, 0.1) is 24.9 Å². The minimum Gasteiger partial charge on any atom is -0.390 e. The van der Waals surface area contributed by atoms with Crippen LogP contribution in [0.3, 0.4) is 0 Å². The number of nitrogens with zero attached hydrogens (tertiary/aromatic N) is 4. The lowest BCUT2D eigenvalue weighted by Gasteiger charge is -2.16. The third-order valence-electron chi connectivity index (χ3n) is 5.01. The maximum Gasteiger partial charge on any atom is 0.330 e. The molecule has 154 valence electrons. The second kappa shape index (κ2) is 8.80. The molecule has 1 aliphatic heterocycles. The van der Waals surface area contributed by atoms with Crippen LogP contribution in [0.2, 0.25) is 0 Å². The van der Waals surface area contributed by atoms with Crippen LogP contribution in [-0.2, 0) is 11.3 Å². The maximum atomic E-state index is 12.0. The summed E-state index contributed by atoms with van der Waals surface area (Å²) in [5.41, 5.74) is -0.137. The summed E-state index contributed by atoms with van der Waals surface area (Å²) >= 11 is 0. The van der Waals surface area contributed by atoms with E-state index in [1.807, 2.05) is 0 Å². The molecule has 0 saturated carbocycles. The summed E-state index contributed by atoms with van der Waals surface area (Å²) in [6.45, 7) is 3.94. The number of aryl methyl sites for hydroxylation is 1. The van der Waals surface area contributed by atoms with Crippen LogP contribution in [0.15, 0.2) is 22.0 Å². The Balaban J connectivity index is 1.64. The Morgan fingerprint density at radius 2 is 2.14 bits per heavy atom. The van der Waals surface area contributed by atoms with Crippen LogP contribution in [0.4, 0.5) is 0 Å². The van der Waals surface area contributed by atoms with E-state index in [1.165, 1.54) is 15.4 Å². The lowest BCUT2D eigenvalue weighted by atomic mass is 10.1. The number of unbranched alkanes of at least 4 members (excludes halogenated alkanes) is 2. The fourth-order valence-electron chi connectivity index (χ4n) is 3.33. The Bertz CT molecular complexity index is 904. The van der Waals surface area contributed by atoms with Gasteiger partial charge in [0.25, 0.3) is 5.56 Å². The van der Waals surface area contributed by atoms with Gasteiger partial charge in [0.2, 0.25) is 0 Å². The molecular formula is C18H27N5O5. The number of hydrogen-bond donors (Lipinski definition) is 3. The normalized spacial score (nSPS) is 23.2. The van der Waals surface area contributed by atoms with E-state index in [2.05, 4.69) is 22.2 Å². The number of rotatable bonds is 8. The zero-order chi connectivity index (χ0) is 20.3. The number of hydrogen-bond acceptors (Lipinski definition) is 7. The molecule has 1 aliphatic rings. The maximum absolute atomic E-state index is 12.0. The zero-order valence-corrected chi connectivity index (χ0v) is 16.1. The number of aliphatic hydroxyl groups excluding tert-OH is 2. The second-order valence-corrected chi connectivity index (χ2v) is 7.29. The molecule has 0 aromatic carbocycles. The summed E-state index contributed by atoms with van der Waals surface area (Å²) in [4.78, 5) is 25.8. The van der Waals surface area contributed by atoms with Crippen molar-refractivity contribution in [3.05, 3.63) is 44.5 Å². The van der Waals surface area contributed by atoms with E-state index in [1.54, 1.807) is 13.1 Å². The quantitative estimate of drug-likeness (QED) is 0.552. The smallest absolute Gasteiger partial charge is 0.330 e. The molecule has 1 fully saturated rings. The first kappa shape index (κ1) is 20.4. The number of ether oxygens (including phenoxy) is 1. The Labute approximate surface area is 161 Å². The van der Waals surface area contributed by atoms with Gasteiger partial charge in [-0.05, 0) is 13.3 Å². The van der Waals surface area contributed by atoms with Crippen LogP contribution >= 0.6 is 0 Å². The number of H-pyrrole nitrogens is 1. The molecular weight excluding hydrogens is 366 g/mol. The minimum absolute atomic E-state index is 0.219. The van der Waals surface area contributed by atoms with Crippen LogP contribution in [-0.4, -0.2) is 47.0 Å². The molecule has 3 N–H and O–H groups in total. The monoisotopic (exact) mass is 393 g/mol.